The molecule has 1 aromatic carbocycles. The van der Waals surface area contributed by atoms with Crippen LogP contribution in [0.2, 0.25) is 0 Å². The summed E-state index contributed by atoms with van der Waals surface area (Å²) in [5, 5.41) is 0.525. The Hall–Kier alpha value is -2.76. The van der Waals surface area contributed by atoms with Gasteiger partial charge in [-0.1, -0.05) is 0 Å². The summed E-state index contributed by atoms with van der Waals surface area (Å²) in [5.41, 5.74) is 0.595. The van der Waals surface area contributed by atoms with E-state index in [1.807, 2.05) is 13.8 Å². The number of sulfonamides is 1. The summed E-state index contributed by atoms with van der Waals surface area (Å²) < 4.78 is 38.4. The van der Waals surface area contributed by atoms with E-state index in [0.717, 1.165) is 10.4 Å². The number of H-pyrrole nitrogens is 1. The molecule has 1 unspecified atom stereocenters. The smallest absolute Gasteiger partial charge is 0.338 e. The first kappa shape index (κ1) is 23.9. The number of esters is 1. The molecule has 0 saturated heterocycles. The largest absolute Gasteiger partial charge is 0.495 e. The molecule has 0 aliphatic rings. The van der Waals surface area contributed by atoms with Crippen LogP contribution in [0.4, 0.5) is 0 Å². The minimum Gasteiger partial charge on any atom is -0.495 e. The number of aromatic amines is 1. The number of thiophene rings is 1. The highest BCUT2D eigenvalue weighted by Crippen LogP contribution is 2.28. The monoisotopic (exact) mass is 479 g/mol. The number of aryl methyl sites for hydroxylation is 2. The number of ether oxygens (including phenoxy) is 2. The number of benzene rings is 1. The summed E-state index contributed by atoms with van der Waals surface area (Å²) in [6.07, 6.45) is -0.863. The average molecular weight is 480 g/mol. The highest BCUT2D eigenvalue weighted by atomic mass is 32.2. The van der Waals surface area contributed by atoms with Crippen molar-refractivity contribution in [2.75, 3.05) is 7.11 Å². The van der Waals surface area contributed by atoms with Gasteiger partial charge in [0.15, 0.2) is 11.9 Å². The van der Waals surface area contributed by atoms with Crippen molar-refractivity contribution in [1.82, 2.24) is 14.7 Å². The first-order valence-corrected chi connectivity index (χ1v) is 12.2. The number of hydrogen-bond donors (Lipinski definition) is 2. The third-order valence-corrected chi connectivity index (χ3v) is 7.59. The highest BCUT2D eigenvalue weighted by Gasteiger charge is 2.24. The molecule has 0 aliphatic heterocycles. The van der Waals surface area contributed by atoms with Crippen LogP contribution in [-0.2, 0) is 14.8 Å². The minimum absolute atomic E-state index is 0.0213. The van der Waals surface area contributed by atoms with Crippen LogP contribution in [-0.4, -0.2) is 37.5 Å². The fraction of sp³-hybridized carbons (Fsp3) is 0.381. The van der Waals surface area contributed by atoms with Gasteiger partial charge in [-0.2, -0.15) is 0 Å². The molecule has 0 aliphatic carbocycles. The van der Waals surface area contributed by atoms with E-state index in [2.05, 4.69) is 14.7 Å². The second-order valence-corrected chi connectivity index (χ2v) is 10.5. The van der Waals surface area contributed by atoms with Crippen LogP contribution in [0.3, 0.4) is 0 Å². The van der Waals surface area contributed by atoms with Gasteiger partial charge in [0.05, 0.1) is 18.1 Å². The van der Waals surface area contributed by atoms with Crippen molar-refractivity contribution in [1.29, 1.82) is 0 Å². The van der Waals surface area contributed by atoms with Crippen LogP contribution in [0, 0.1) is 13.8 Å². The maximum Gasteiger partial charge on any atom is 0.338 e. The predicted octanol–water partition coefficient (Wildman–Crippen LogP) is 3.21. The number of aromatic nitrogens is 2. The van der Waals surface area contributed by atoms with Gasteiger partial charge < -0.3 is 14.5 Å². The van der Waals surface area contributed by atoms with Crippen molar-refractivity contribution >= 4 is 37.5 Å². The van der Waals surface area contributed by atoms with E-state index in [-0.39, 0.29) is 33.6 Å². The summed E-state index contributed by atoms with van der Waals surface area (Å²) >= 11 is 1.39. The van der Waals surface area contributed by atoms with Gasteiger partial charge in [-0.3, -0.25) is 4.79 Å². The second-order valence-electron chi connectivity index (χ2n) is 7.60. The molecule has 1 atom stereocenters. The van der Waals surface area contributed by atoms with E-state index >= 15 is 0 Å². The van der Waals surface area contributed by atoms with Crippen LogP contribution >= 0.6 is 11.3 Å². The zero-order valence-corrected chi connectivity index (χ0v) is 20.2. The molecule has 0 saturated carbocycles. The topological polar surface area (TPSA) is 127 Å². The lowest BCUT2D eigenvalue weighted by Crippen LogP contribution is -2.30. The van der Waals surface area contributed by atoms with Gasteiger partial charge >= 0.3 is 5.97 Å². The Bertz CT molecular complexity index is 1340. The van der Waals surface area contributed by atoms with Crippen molar-refractivity contribution in [3.05, 3.63) is 50.4 Å². The Labute approximate surface area is 189 Å². The fourth-order valence-corrected chi connectivity index (χ4v) is 5.62. The molecule has 11 heteroatoms. The van der Waals surface area contributed by atoms with Gasteiger partial charge in [-0.15, -0.1) is 11.3 Å². The third-order valence-electron chi connectivity index (χ3n) is 4.81. The lowest BCUT2D eigenvalue weighted by atomic mass is 10.2. The number of fused-ring (bicyclic) bond motifs is 1. The van der Waals surface area contributed by atoms with Crippen LogP contribution in [0.25, 0.3) is 10.2 Å². The van der Waals surface area contributed by atoms with Crippen molar-refractivity contribution < 1.29 is 22.7 Å². The van der Waals surface area contributed by atoms with Crippen LogP contribution < -0.4 is 15.0 Å². The van der Waals surface area contributed by atoms with E-state index in [9.17, 15) is 18.0 Å². The maximum atomic E-state index is 12.7. The molecular formula is C21H25N3O6S2. The van der Waals surface area contributed by atoms with E-state index in [4.69, 9.17) is 9.47 Å². The van der Waals surface area contributed by atoms with Gasteiger partial charge in [0.1, 0.15) is 15.5 Å². The summed E-state index contributed by atoms with van der Waals surface area (Å²) in [5.74, 6) is -0.454. The highest BCUT2D eigenvalue weighted by molar-refractivity contribution is 7.89. The molecule has 0 radical (unpaired) electrons. The molecule has 2 N–H and O–H groups in total. The lowest BCUT2D eigenvalue weighted by Gasteiger charge is -2.15. The van der Waals surface area contributed by atoms with Gasteiger partial charge in [0.25, 0.3) is 5.56 Å². The molecule has 3 rings (SSSR count). The quantitative estimate of drug-likeness (QED) is 0.498. The predicted molar refractivity (Wildman–Crippen MR) is 122 cm³/mol. The summed E-state index contributed by atoms with van der Waals surface area (Å²) in [4.78, 5) is 33.7. The molecule has 0 amide bonds. The third kappa shape index (κ3) is 4.69. The normalized spacial score (nSPS) is 12.8. The second kappa shape index (κ2) is 9.00. The van der Waals surface area contributed by atoms with Crippen molar-refractivity contribution in [2.45, 2.75) is 51.7 Å². The van der Waals surface area contributed by atoms with E-state index in [1.54, 1.807) is 20.8 Å². The molecule has 172 valence electrons. The zero-order valence-electron chi connectivity index (χ0n) is 18.6. The molecule has 32 heavy (non-hydrogen) atoms. The van der Waals surface area contributed by atoms with Gasteiger partial charge in [-0.25, -0.2) is 22.9 Å². The number of carbonyl (C=O) groups is 1. The number of hydrogen-bond acceptors (Lipinski definition) is 8. The molecule has 0 spiro atoms. The van der Waals surface area contributed by atoms with Crippen LogP contribution in [0.1, 0.15) is 53.5 Å². The van der Waals surface area contributed by atoms with Gasteiger partial charge in [-0.05, 0) is 58.4 Å². The molecule has 0 fully saturated rings. The van der Waals surface area contributed by atoms with Gasteiger partial charge in [0, 0.05) is 10.9 Å². The molecule has 2 heterocycles. The van der Waals surface area contributed by atoms with Crippen molar-refractivity contribution in [3.63, 3.8) is 0 Å². The van der Waals surface area contributed by atoms with Crippen LogP contribution in [0.15, 0.2) is 27.9 Å². The standard InChI is InChI=1S/C21H25N3O6S2/c1-10(2)24-32(27,28)16-9-14(7-8-15(16)29-6)21(26)30-12(4)18-22-19(25)17-11(3)13(5)31-20(17)23-18/h7-10,12,24H,1-6H3,(H,22,23,25). The number of rotatable bonds is 7. The Morgan fingerprint density at radius 1 is 1.22 bits per heavy atom. The Balaban J connectivity index is 1.91. The van der Waals surface area contributed by atoms with Crippen LogP contribution in [0.5, 0.6) is 5.75 Å². The molecule has 0 bridgehead atoms. The maximum absolute atomic E-state index is 12.7. The number of carbonyl (C=O) groups excluding carboxylic acids is 1. The van der Waals surface area contributed by atoms with E-state index in [0.29, 0.717) is 10.2 Å². The van der Waals surface area contributed by atoms with E-state index < -0.39 is 22.1 Å². The summed E-state index contributed by atoms with van der Waals surface area (Å²) in [6.45, 7) is 8.72. The number of nitrogens with one attached hydrogen (secondary N) is 2. The Morgan fingerprint density at radius 2 is 1.91 bits per heavy atom. The molecule has 3 aromatic rings. The number of methoxy groups -OCH3 is 1. The molecular weight excluding hydrogens is 454 g/mol. The zero-order chi connectivity index (χ0) is 23.8. The van der Waals surface area contributed by atoms with Crippen molar-refractivity contribution in [3.8, 4) is 5.75 Å². The van der Waals surface area contributed by atoms with Crippen molar-refractivity contribution in [2.24, 2.45) is 0 Å². The summed E-state index contributed by atoms with van der Waals surface area (Å²) in [6, 6.07) is 3.65. The minimum atomic E-state index is -3.91. The first-order chi connectivity index (χ1) is 14.9. The summed E-state index contributed by atoms with van der Waals surface area (Å²) in [7, 11) is -2.57. The van der Waals surface area contributed by atoms with Gasteiger partial charge in [0.2, 0.25) is 10.0 Å². The fourth-order valence-electron chi connectivity index (χ4n) is 3.14. The molecule has 2 aromatic heterocycles. The lowest BCUT2D eigenvalue weighted by molar-refractivity contribution is 0.0319. The first-order valence-electron chi connectivity index (χ1n) is 9.85. The Kier molecular flexibility index (Phi) is 6.72. The molecule has 9 nitrogen and oxygen atoms in total. The Morgan fingerprint density at radius 3 is 2.53 bits per heavy atom. The number of nitrogens with zero attached hydrogens (tertiary/aromatic N) is 1. The van der Waals surface area contributed by atoms with E-state index in [1.165, 1.54) is 36.6 Å². The SMILES string of the molecule is COc1ccc(C(=O)OC(C)c2nc3sc(C)c(C)c3c(=O)[nH]2)cc1S(=O)(=O)NC(C)C. The average Bonchev–Trinajstić information content (AvgIpc) is 3.00.